The molecule has 0 amide bonds. The third-order valence-corrected chi connectivity index (χ3v) is 0.913. The van der Waals surface area contributed by atoms with Crippen LogP contribution in [-0.2, 0) is 0 Å². The zero-order chi connectivity index (χ0) is 6.78. The number of rotatable bonds is 2. The van der Waals surface area contributed by atoms with E-state index in [1.54, 1.807) is 0 Å². The molecular formula is C7H18N+. The van der Waals surface area contributed by atoms with Gasteiger partial charge in [0.05, 0.1) is 27.7 Å². The minimum Gasteiger partial charge on any atom is -0.331 e. The molecule has 50 valence electrons. The van der Waals surface area contributed by atoms with Crippen LogP contribution in [0.25, 0.3) is 0 Å². The van der Waals surface area contributed by atoms with Gasteiger partial charge in [-0.2, -0.15) is 0 Å². The zero-order valence-corrected chi connectivity index (χ0v) is 6.73. The molecule has 0 heterocycles. The molecule has 0 aromatic carbocycles. The van der Waals surface area contributed by atoms with Gasteiger partial charge in [-0.3, -0.25) is 0 Å². The minimum absolute atomic E-state index is 0.815. The molecule has 0 rings (SSSR count). The van der Waals surface area contributed by atoms with Crippen molar-refractivity contribution >= 4 is 0 Å². The monoisotopic (exact) mass is 116 g/mol. The lowest BCUT2D eigenvalue weighted by Crippen LogP contribution is -2.37. The summed E-state index contributed by atoms with van der Waals surface area (Å²) in [5, 5.41) is 0. The second kappa shape index (κ2) is 2.49. The van der Waals surface area contributed by atoms with E-state index in [1.165, 1.54) is 6.54 Å². The van der Waals surface area contributed by atoms with Gasteiger partial charge in [-0.1, -0.05) is 13.8 Å². The largest absolute Gasteiger partial charge is 0.331 e. The van der Waals surface area contributed by atoms with Gasteiger partial charge >= 0.3 is 0 Å². The molecular weight excluding hydrogens is 98.1 g/mol. The number of hydrogen-bond acceptors (Lipinski definition) is 0. The first-order chi connectivity index (χ1) is 3.42. The van der Waals surface area contributed by atoms with E-state index in [0.717, 1.165) is 10.4 Å². The van der Waals surface area contributed by atoms with Crippen LogP contribution in [0, 0.1) is 5.92 Å². The van der Waals surface area contributed by atoms with E-state index in [4.69, 9.17) is 0 Å². The van der Waals surface area contributed by atoms with Gasteiger partial charge in [0.2, 0.25) is 0 Å². The highest BCUT2D eigenvalue weighted by atomic mass is 15.3. The summed E-state index contributed by atoms with van der Waals surface area (Å²) in [4.78, 5) is 0. The van der Waals surface area contributed by atoms with Gasteiger partial charge in [0.1, 0.15) is 0 Å². The van der Waals surface area contributed by atoms with Gasteiger partial charge in [-0.05, 0) is 0 Å². The highest BCUT2D eigenvalue weighted by molar-refractivity contribution is 4.37. The van der Waals surface area contributed by atoms with Crippen LogP contribution in [0.1, 0.15) is 13.8 Å². The van der Waals surface area contributed by atoms with Crippen molar-refractivity contribution in [1.29, 1.82) is 0 Å². The molecule has 0 N–H and O–H groups in total. The Bertz CT molecular complexity index is 59.3. The Morgan fingerprint density at radius 1 is 1.12 bits per heavy atom. The third kappa shape index (κ3) is 5.96. The molecule has 0 aliphatic heterocycles. The fraction of sp³-hybridized carbons (Fsp3) is 1.00. The Balaban J connectivity index is 3.39. The number of hydrogen-bond donors (Lipinski definition) is 0. The molecule has 0 aromatic heterocycles. The standard InChI is InChI=1S/C7H18N/c1-7(2)6-8(3,4)5/h7H,6H2,1-5H3/q+1. The zero-order valence-electron chi connectivity index (χ0n) is 6.73. The molecule has 0 bridgehead atoms. The highest BCUT2D eigenvalue weighted by Gasteiger charge is 2.08. The van der Waals surface area contributed by atoms with Crippen LogP contribution in [0.15, 0.2) is 0 Å². The van der Waals surface area contributed by atoms with Crippen LogP contribution in [0.5, 0.6) is 0 Å². The molecule has 0 aliphatic carbocycles. The number of quaternary nitrogens is 1. The Labute approximate surface area is 52.9 Å². The van der Waals surface area contributed by atoms with Crippen LogP contribution in [0.2, 0.25) is 0 Å². The average Bonchev–Trinajstić information content (AvgIpc) is 1.21. The molecule has 0 atom stereocenters. The van der Waals surface area contributed by atoms with Crippen molar-refractivity contribution in [3.8, 4) is 0 Å². The fourth-order valence-electron chi connectivity index (χ4n) is 1.10. The molecule has 0 aromatic rings. The summed E-state index contributed by atoms with van der Waals surface area (Å²) in [7, 11) is 6.67. The van der Waals surface area contributed by atoms with E-state index in [9.17, 15) is 0 Å². The van der Waals surface area contributed by atoms with Crippen LogP contribution in [0.4, 0.5) is 0 Å². The molecule has 0 saturated heterocycles. The van der Waals surface area contributed by atoms with Crippen molar-refractivity contribution in [2.45, 2.75) is 13.8 Å². The molecule has 0 fully saturated rings. The average molecular weight is 116 g/mol. The lowest BCUT2D eigenvalue weighted by molar-refractivity contribution is -0.873. The van der Waals surface area contributed by atoms with Crippen LogP contribution in [0.3, 0.4) is 0 Å². The quantitative estimate of drug-likeness (QED) is 0.478. The van der Waals surface area contributed by atoms with Crippen molar-refractivity contribution in [3.63, 3.8) is 0 Å². The van der Waals surface area contributed by atoms with E-state index in [2.05, 4.69) is 35.0 Å². The van der Waals surface area contributed by atoms with E-state index in [1.807, 2.05) is 0 Å². The first-order valence-electron chi connectivity index (χ1n) is 3.22. The lowest BCUT2D eigenvalue weighted by atomic mass is 10.2. The summed E-state index contributed by atoms with van der Waals surface area (Å²) in [5.74, 6) is 0.815. The smallest absolute Gasteiger partial charge is 0.0803 e. The highest BCUT2D eigenvalue weighted by Crippen LogP contribution is 1.98. The molecule has 8 heavy (non-hydrogen) atoms. The summed E-state index contributed by atoms with van der Waals surface area (Å²) in [6.07, 6.45) is 0. The SMILES string of the molecule is CC(C)C[N+](C)(C)C. The minimum atomic E-state index is 0.815. The molecule has 0 spiro atoms. The lowest BCUT2D eigenvalue weighted by Gasteiger charge is -2.25. The van der Waals surface area contributed by atoms with Crippen molar-refractivity contribution in [1.82, 2.24) is 0 Å². The molecule has 1 heteroatoms. The molecule has 0 aliphatic rings. The van der Waals surface area contributed by atoms with Gasteiger partial charge in [-0.15, -0.1) is 0 Å². The maximum Gasteiger partial charge on any atom is 0.0803 e. The molecule has 0 radical (unpaired) electrons. The van der Waals surface area contributed by atoms with Gasteiger partial charge in [0, 0.05) is 5.92 Å². The van der Waals surface area contributed by atoms with Crippen LogP contribution >= 0.6 is 0 Å². The summed E-state index contributed by atoms with van der Waals surface area (Å²) < 4.78 is 1.08. The van der Waals surface area contributed by atoms with Crippen LogP contribution < -0.4 is 0 Å². The molecule has 0 saturated carbocycles. The van der Waals surface area contributed by atoms with E-state index >= 15 is 0 Å². The second-order valence-electron chi connectivity index (χ2n) is 3.87. The summed E-state index contributed by atoms with van der Waals surface area (Å²) >= 11 is 0. The summed E-state index contributed by atoms with van der Waals surface area (Å²) in [5.41, 5.74) is 0. The van der Waals surface area contributed by atoms with Crippen molar-refractivity contribution in [2.24, 2.45) is 5.92 Å². The second-order valence-corrected chi connectivity index (χ2v) is 3.87. The van der Waals surface area contributed by atoms with Crippen molar-refractivity contribution in [2.75, 3.05) is 27.7 Å². The maximum atomic E-state index is 2.25. The maximum absolute atomic E-state index is 2.25. The Morgan fingerprint density at radius 2 is 1.50 bits per heavy atom. The molecule has 1 nitrogen and oxygen atoms in total. The predicted molar refractivity (Wildman–Crippen MR) is 37.7 cm³/mol. The summed E-state index contributed by atoms with van der Waals surface area (Å²) in [6.45, 7) is 5.77. The Kier molecular flexibility index (Phi) is 2.48. The first-order valence-corrected chi connectivity index (χ1v) is 3.22. The van der Waals surface area contributed by atoms with Crippen molar-refractivity contribution < 1.29 is 4.48 Å². The van der Waals surface area contributed by atoms with Crippen molar-refractivity contribution in [3.05, 3.63) is 0 Å². The number of nitrogens with zero attached hydrogens (tertiary/aromatic N) is 1. The van der Waals surface area contributed by atoms with Crippen LogP contribution in [-0.4, -0.2) is 32.2 Å². The van der Waals surface area contributed by atoms with E-state index < -0.39 is 0 Å². The Hall–Kier alpha value is -0.0400. The Morgan fingerprint density at radius 3 is 1.50 bits per heavy atom. The van der Waals surface area contributed by atoms with E-state index in [-0.39, 0.29) is 0 Å². The van der Waals surface area contributed by atoms with Gasteiger partial charge in [0.25, 0.3) is 0 Å². The normalized spacial score (nSPS) is 12.8. The third-order valence-electron chi connectivity index (χ3n) is 0.913. The van der Waals surface area contributed by atoms with E-state index in [0.29, 0.717) is 0 Å². The molecule has 0 unspecified atom stereocenters. The summed E-state index contributed by atoms with van der Waals surface area (Å²) in [6, 6.07) is 0. The van der Waals surface area contributed by atoms with Gasteiger partial charge in [0.15, 0.2) is 0 Å². The van der Waals surface area contributed by atoms with Gasteiger partial charge < -0.3 is 4.48 Å². The predicted octanol–water partition coefficient (Wildman–Crippen LogP) is 1.35. The van der Waals surface area contributed by atoms with Gasteiger partial charge in [-0.25, -0.2) is 0 Å². The fourth-order valence-corrected chi connectivity index (χ4v) is 1.10. The first kappa shape index (κ1) is 7.96. The topological polar surface area (TPSA) is 0 Å².